The van der Waals surface area contributed by atoms with Crippen LogP contribution in [0.1, 0.15) is 19.4 Å². The fourth-order valence-corrected chi connectivity index (χ4v) is 3.12. The average Bonchev–Trinajstić information content (AvgIpc) is 2.92. The topological polar surface area (TPSA) is 98.2 Å². The van der Waals surface area contributed by atoms with Gasteiger partial charge in [-0.2, -0.15) is 0 Å². The number of rotatable bonds is 6. The van der Waals surface area contributed by atoms with Gasteiger partial charge in [0, 0.05) is 23.4 Å². The molecule has 32 heavy (non-hydrogen) atoms. The lowest BCUT2D eigenvalue weighted by atomic mass is 10.1. The van der Waals surface area contributed by atoms with Gasteiger partial charge in [-0.25, -0.2) is 9.79 Å². The van der Waals surface area contributed by atoms with Crippen molar-refractivity contribution in [3.8, 4) is 11.5 Å². The van der Waals surface area contributed by atoms with Crippen LogP contribution < -0.4 is 20.1 Å². The molecule has 1 aliphatic heterocycles. The highest BCUT2D eigenvalue weighted by molar-refractivity contribution is 6.25. The maximum absolute atomic E-state index is 12.7. The summed E-state index contributed by atoms with van der Waals surface area (Å²) in [6.45, 7) is 3.64. The molecular formula is C24H25N3O5. The Morgan fingerprint density at radius 3 is 2.62 bits per heavy atom. The van der Waals surface area contributed by atoms with Gasteiger partial charge in [-0.1, -0.05) is 12.1 Å². The Hall–Kier alpha value is -4.07. The number of carbonyl (C=O) groups excluding carboxylic acids is 2. The SMILES string of the molecule is CCOC(=O)C1=C(C)Nc2ccccc2N=C1NC(=O)C=Cc1ccc(OC)cc1OC. The Balaban J connectivity index is 1.91. The van der Waals surface area contributed by atoms with Crippen LogP contribution in [-0.4, -0.2) is 38.5 Å². The number of nitrogens with zero attached hydrogens (tertiary/aromatic N) is 1. The van der Waals surface area contributed by atoms with Crippen LogP contribution in [0.2, 0.25) is 0 Å². The van der Waals surface area contributed by atoms with Gasteiger partial charge in [0.15, 0.2) is 0 Å². The Kier molecular flexibility index (Phi) is 7.28. The van der Waals surface area contributed by atoms with E-state index in [-0.39, 0.29) is 18.0 Å². The smallest absolute Gasteiger partial charge is 0.343 e. The van der Waals surface area contributed by atoms with Gasteiger partial charge in [0.05, 0.1) is 32.2 Å². The molecule has 0 aromatic heterocycles. The van der Waals surface area contributed by atoms with Crippen LogP contribution in [0.15, 0.2) is 64.8 Å². The van der Waals surface area contributed by atoms with Crippen LogP contribution in [0.4, 0.5) is 11.4 Å². The number of methoxy groups -OCH3 is 2. The number of aliphatic imine (C=N–C) groups is 1. The van der Waals surface area contributed by atoms with Crippen LogP contribution >= 0.6 is 0 Å². The standard InChI is InChI=1S/C24H25N3O5/c1-5-32-24(29)22-15(2)25-18-8-6-7-9-19(18)26-23(22)27-21(28)13-11-16-10-12-17(30-3)14-20(16)31-4/h6-14,25H,5H2,1-4H3,(H,26,27,28). The zero-order valence-electron chi connectivity index (χ0n) is 18.4. The van der Waals surface area contributed by atoms with Gasteiger partial charge in [-0.3, -0.25) is 4.79 Å². The van der Waals surface area contributed by atoms with Gasteiger partial charge in [0.2, 0.25) is 5.91 Å². The van der Waals surface area contributed by atoms with Gasteiger partial charge in [0.1, 0.15) is 22.9 Å². The zero-order valence-corrected chi connectivity index (χ0v) is 18.4. The molecule has 0 unspecified atom stereocenters. The van der Waals surface area contributed by atoms with Gasteiger partial charge in [-0.15, -0.1) is 0 Å². The van der Waals surface area contributed by atoms with Crippen LogP contribution in [0.25, 0.3) is 6.08 Å². The molecule has 0 spiro atoms. The summed E-state index contributed by atoms with van der Waals surface area (Å²) >= 11 is 0. The first-order valence-corrected chi connectivity index (χ1v) is 10.0. The Bertz CT molecular complexity index is 1120. The first-order chi connectivity index (χ1) is 15.5. The fourth-order valence-electron chi connectivity index (χ4n) is 3.12. The number of allylic oxidation sites excluding steroid dienone is 1. The Morgan fingerprint density at radius 1 is 1.12 bits per heavy atom. The molecule has 2 aromatic rings. The number of esters is 1. The van der Waals surface area contributed by atoms with E-state index in [1.54, 1.807) is 51.3 Å². The fraction of sp³-hybridized carbons (Fsp3) is 0.208. The molecular weight excluding hydrogens is 410 g/mol. The third-order valence-electron chi connectivity index (χ3n) is 4.65. The molecule has 166 valence electrons. The average molecular weight is 435 g/mol. The summed E-state index contributed by atoms with van der Waals surface area (Å²) in [5, 5.41) is 5.88. The lowest BCUT2D eigenvalue weighted by Gasteiger charge is -2.12. The first-order valence-electron chi connectivity index (χ1n) is 10.0. The van der Waals surface area contributed by atoms with E-state index in [0.717, 1.165) is 5.69 Å². The molecule has 0 radical (unpaired) electrons. The number of hydrogen-bond acceptors (Lipinski definition) is 7. The summed E-state index contributed by atoms with van der Waals surface area (Å²) < 4.78 is 15.7. The minimum Gasteiger partial charge on any atom is -0.497 e. The minimum atomic E-state index is -0.579. The van der Waals surface area contributed by atoms with Crippen LogP contribution in [0, 0.1) is 0 Å². The normalized spacial score (nSPS) is 12.9. The maximum atomic E-state index is 12.7. The van der Waals surface area contributed by atoms with Crippen LogP contribution in [-0.2, 0) is 14.3 Å². The molecule has 1 amide bonds. The van der Waals surface area contributed by atoms with Crippen molar-refractivity contribution in [1.82, 2.24) is 5.32 Å². The molecule has 2 aromatic carbocycles. The van der Waals surface area contributed by atoms with E-state index in [2.05, 4.69) is 15.6 Å². The van der Waals surface area contributed by atoms with Crippen molar-refractivity contribution >= 4 is 35.2 Å². The quantitative estimate of drug-likeness (QED) is 0.529. The highest BCUT2D eigenvalue weighted by Crippen LogP contribution is 2.30. The predicted molar refractivity (Wildman–Crippen MR) is 123 cm³/mol. The van der Waals surface area contributed by atoms with Crippen molar-refractivity contribution in [2.24, 2.45) is 4.99 Å². The van der Waals surface area contributed by atoms with E-state index in [1.807, 2.05) is 18.2 Å². The Labute approximate surface area is 186 Å². The molecule has 8 heteroatoms. The number of nitrogens with one attached hydrogen (secondary N) is 2. The number of fused-ring (bicyclic) bond motifs is 1. The van der Waals surface area contributed by atoms with E-state index >= 15 is 0 Å². The molecule has 0 aliphatic carbocycles. The predicted octanol–water partition coefficient (Wildman–Crippen LogP) is 3.83. The van der Waals surface area contributed by atoms with Crippen LogP contribution in [0.5, 0.6) is 11.5 Å². The third-order valence-corrected chi connectivity index (χ3v) is 4.65. The van der Waals surface area contributed by atoms with Gasteiger partial charge in [0.25, 0.3) is 0 Å². The van der Waals surface area contributed by atoms with E-state index < -0.39 is 11.9 Å². The number of benzene rings is 2. The van der Waals surface area contributed by atoms with Crippen molar-refractivity contribution < 1.29 is 23.8 Å². The second-order valence-electron chi connectivity index (χ2n) is 6.75. The lowest BCUT2D eigenvalue weighted by molar-refractivity contribution is -0.137. The molecule has 1 heterocycles. The first kappa shape index (κ1) is 22.6. The molecule has 3 rings (SSSR count). The second kappa shape index (κ2) is 10.3. The van der Waals surface area contributed by atoms with Crippen molar-refractivity contribution in [1.29, 1.82) is 0 Å². The maximum Gasteiger partial charge on any atom is 0.343 e. The van der Waals surface area contributed by atoms with Crippen molar-refractivity contribution in [3.05, 3.63) is 65.4 Å². The molecule has 1 aliphatic rings. The highest BCUT2D eigenvalue weighted by atomic mass is 16.5. The Morgan fingerprint density at radius 2 is 1.91 bits per heavy atom. The molecule has 0 saturated carbocycles. The molecule has 0 fully saturated rings. The number of amides is 1. The largest absolute Gasteiger partial charge is 0.497 e. The molecule has 0 atom stereocenters. The molecule has 0 saturated heterocycles. The number of ether oxygens (including phenoxy) is 3. The van der Waals surface area contributed by atoms with E-state index in [1.165, 1.54) is 13.2 Å². The minimum absolute atomic E-state index is 0.106. The third kappa shape index (κ3) is 5.15. The summed E-state index contributed by atoms with van der Waals surface area (Å²) in [5.41, 5.74) is 2.67. The molecule has 0 bridgehead atoms. The summed E-state index contributed by atoms with van der Waals surface area (Å²) in [4.78, 5) is 29.9. The number of anilines is 1. The van der Waals surface area contributed by atoms with E-state index in [9.17, 15) is 9.59 Å². The summed E-state index contributed by atoms with van der Waals surface area (Å²) in [5.74, 6) is 0.263. The highest BCUT2D eigenvalue weighted by Gasteiger charge is 2.25. The molecule has 8 nitrogen and oxygen atoms in total. The molecule has 2 N–H and O–H groups in total. The summed E-state index contributed by atoms with van der Waals surface area (Å²) in [6.07, 6.45) is 2.95. The summed E-state index contributed by atoms with van der Waals surface area (Å²) in [6, 6.07) is 12.6. The number of amidine groups is 1. The summed E-state index contributed by atoms with van der Waals surface area (Å²) in [7, 11) is 3.10. The number of para-hydroxylation sites is 2. The number of hydrogen-bond donors (Lipinski definition) is 2. The lowest BCUT2D eigenvalue weighted by Crippen LogP contribution is -2.34. The van der Waals surface area contributed by atoms with Crippen molar-refractivity contribution in [2.45, 2.75) is 13.8 Å². The van der Waals surface area contributed by atoms with Crippen molar-refractivity contribution in [2.75, 3.05) is 26.1 Å². The number of carbonyl (C=O) groups is 2. The van der Waals surface area contributed by atoms with Gasteiger partial charge >= 0.3 is 5.97 Å². The van der Waals surface area contributed by atoms with E-state index in [0.29, 0.717) is 28.4 Å². The zero-order chi connectivity index (χ0) is 23.1. The van der Waals surface area contributed by atoms with Crippen molar-refractivity contribution in [3.63, 3.8) is 0 Å². The van der Waals surface area contributed by atoms with E-state index in [4.69, 9.17) is 14.2 Å². The monoisotopic (exact) mass is 435 g/mol. The van der Waals surface area contributed by atoms with Gasteiger partial charge < -0.3 is 24.8 Å². The second-order valence-corrected chi connectivity index (χ2v) is 6.75. The van der Waals surface area contributed by atoms with Gasteiger partial charge in [-0.05, 0) is 44.2 Å². The van der Waals surface area contributed by atoms with Crippen LogP contribution in [0.3, 0.4) is 0 Å².